The lowest BCUT2D eigenvalue weighted by Crippen LogP contribution is -2.16. The van der Waals surface area contributed by atoms with Crippen LogP contribution in [0.25, 0.3) is 11.4 Å². The van der Waals surface area contributed by atoms with Crippen molar-refractivity contribution in [3.63, 3.8) is 0 Å². The zero-order valence-corrected chi connectivity index (χ0v) is 12.7. The molecule has 1 aromatic heterocycles. The molecule has 19 heavy (non-hydrogen) atoms. The molecule has 0 radical (unpaired) electrons. The Morgan fingerprint density at radius 3 is 2.79 bits per heavy atom. The van der Waals surface area contributed by atoms with Gasteiger partial charge in [0.2, 0.25) is 0 Å². The molecule has 1 saturated heterocycles. The summed E-state index contributed by atoms with van der Waals surface area (Å²) in [5.74, 6) is 1.47. The van der Waals surface area contributed by atoms with E-state index >= 15 is 0 Å². The van der Waals surface area contributed by atoms with Crippen molar-refractivity contribution in [3.8, 4) is 11.4 Å². The first-order valence-electron chi connectivity index (χ1n) is 6.06. The van der Waals surface area contributed by atoms with Gasteiger partial charge < -0.3 is 5.32 Å². The van der Waals surface area contributed by atoms with Gasteiger partial charge in [0.25, 0.3) is 0 Å². The molecule has 3 rings (SSSR count). The molecule has 0 amide bonds. The highest BCUT2D eigenvalue weighted by atomic mass is 79.9. The van der Waals surface area contributed by atoms with Crippen LogP contribution in [0.15, 0.2) is 28.7 Å². The molecule has 2 heterocycles. The maximum absolute atomic E-state index is 4.12. The number of hydrogen-bond acceptors (Lipinski definition) is 4. The van der Waals surface area contributed by atoms with Gasteiger partial charge in [0, 0.05) is 16.6 Å². The molecule has 102 valence electrons. The van der Waals surface area contributed by atoms with Gasteiger partial charge in [-0.15, -0.1) is 17.5 Å². The summed E-state index contributed by atoms with van der Waals surface area (Å²) >= 11 is 3.43. The van der Waals surface area contributed by atoms with Crippen LogP contribution < -0.4 is 5.32 Å². The van der Waals surface area contributed by atoms with Gasteiger partial charge in [-0.05, 0) is 48.0 Å². The molecular weight excluding hydrogens is 330 g/mol. The molecule has 7 heteroatoms. The molecular formula is C12H15BrClN5. The van der Waals surface area contributed by atoms with E-state index in [1.54, 1.807) is 0 Å². The molecule has 2 aromatic rings. The summed E-state index contributed by atoms with van der Waals surface area (Å²) in [5.41, 5.74) is 1.05. The summed E-state index contributed by atoms with van der Waals surface area (Å²) in [6.45, 7) is 3.03. The lowest BCUT2D eigenvalue weighted by molar-refractivity contribution is 0.444. The van der Waals surface area contributed by atoms with E-state index in [1.165, 1.54) is 6.42 Å². The van der Waals surface area contributed by atoms with Crippen LogP contribution in [0.5, 0.6) is 0 Å². The fourth-order valence-corrected chi connectivity index (χ4v) is 2.51. The van der Waals surface area contributed by atoms with Crippen LogP contribution >= 0.6 is 28.3 Å². The molecule has 0 bridgehead atoms. The van der Waals surface area contributed by atoms with E-state index < -0.39 is 0 Å². The molecule has 1 aromatic carbocycles. The second-order valence-electron chi connectivity index (χ2n) is 4.55. The van der Waals surface area contributed by atoms with Crippen LogP contribution in [0.2, 0.25) is 0 Å². The predicted molar refractivity (Wildman–Crippen MR) is 79.2 cm³/mol. The highest BCUT2D eigenvalue weighted by molar-refractivity contribution is 9.10. The fourth-order valence-electron chi connectivity index (χ4n) is 2.25. The van der Waals surface area contributed by atoms with Gasteiger partial charge in [0.15, 0.2) is 5.82 Å². The molecule has 1 atom stereocenters. The van der Waals surface area contributed by atoms with E-state index in [-0.39, 0.29) is 12.4 Å². The summed E-state index contributed by atoms with van der Waals surface area (Å²) in [7, 11) is 0. The van der Waals surface area contributed by atoms with Gasteiger partial charge in [-0.3, -0.25) is 0 Å². The molecule has 0 saturated carbocycles. The minimum Gasteiger partial charge on any atom is -0.316 e. The first-order valence-corrected chi connectivity index (χ1v) is 6.85. The summed E-state index contributed by atoms with van der Waals surface area (Å²) in [6.07, 6.45) is 1.19. The summed E-state index contributed by atoms with van der Waals surface area (Å²) < 4.78 is 2.96. The number of aromatic nitrogens is 4. The Balaban J connectivity index is 0.00000133. The molecule has 5 nitrogen and oxygen atoms in total. The van der Waals surface area contributed by atoms with Gasteiger partial charge in [0.1, 0.15) is 0 Å². The summed E-state index contributed by atoms with van der Waals surface area (Å²) in [4.78, 5) is 0. The van der Waals surface area contributed by atoms with Crippen molar-refractivity contribution in [3.05, 3.63) is 28.7 Å². The Labute approximate surface area is 126 Å². The third-order valence-electron chi connectivity index (χ3n) is 3.23. The number of nitrogens with one attached hydrogen (secondary N) is 1. The van der Waals surface area contributed by atoms with E-state index in [2.05, 4.69) is 36.8 Å². The molecule has 1 N–H and O–H groups in total. The van der Waals surface area contributed by atoms with E-state index in [4.69, 9.17) is 0 Å². The van der Waals surface area contributed by atoms with Crippen molar-refractivity contribution in [2.75, 3.05) is 13.1 Å². The number of halogens is 2. The second kappa shape index (κ2) is 6.45. The quantitative estimate of drug-likeness (QED) is 0.927. The fraction of sp³-hybridized carbons (Fsp3) is 0.417. The SMILES string of the molecule is Brc1ccc(-c2nnnn2C[C@@H]2CCNC2)cc1.Cl. The van der Waals surface area contributed by atoms with Gasteiger partial charge in [-0.25, -0.2) is 4.68 Å². The average Bonchev–Trinajstić information content (AvgIpc) is 3.02. The zero-order valence-electron chi connectivity index (χ0n) is 10.3. The van der Waals surface area contributed by atoms with Crippen LogP contribution in [-0.4, -0.2) is 33.3 Å². The monoisotopic (exact) mass is 343 g/mol. The standard InChI is InChI=1S/C12H14BrN5.ClH/c13-11-3-1-10(2-4-11)12-15-16-17-18(12)8-9-5-6-14-7-9;/h1-4,9,14H,5-8H2;1H/t9-;/m1./s1. The van der Waals surface area contributed by atoms with Crippen LogP contribution in [0.1, 0.15) is 6.42 Å². The van der Waals surface area contributed by atoms with Crippen molar-refractivity contribution in [1.29, 1.82) is 0 Å². The number of benzene rings is 1. The Hall–Kier alpha value is -0.980. The minimum absolute atomic E-state index is 0. The lowest BCUT2D eigenvalue weighted by atomic mass is 10.1. The van der Waals surface area contributed by atoms with E-state index in [1.807, 2.05) is 28.9 Å². The Morgan fingerprint density at radius 1 is 1.32 bits per heavy atom. The largest absolute Gasteiger partial charge is 0.316 e. The molecule has 1 aliphatic rings. The van der Waals surface area contributed by atoms with Crippen LogP contribution in [0.4, 0.5) is 0 Å². The Bertz CT molecular complexity index is 521. The average molecular weight is 345 g/mol. The topological polar surface area (TPSA) is 55.6 Å². The van der Waals surface area contributed by atoms with Crippen molar-refractivity contribution in [1.82, 2.24) is 25.5 Å². The Kier molecular flexibility index (Phi) is 4.90. The predicted octanol–water partition coefficient (Wildman–Crippen LogP) is 2.13. The smallest absolute Gasteiger partial charge is 0.182 e. The number of tetrazole rings is 1. The third-order valence-corrected chi connectivity index (χ3v) is 3.76. The summed E-state index contributed by atoms with van der Waals surface area (Å²) in [5, 5.41) is 15.4. The highest BCUT2D eigenvalue weighted by Gasteiger charge is 2.18. The van der Waals surface area contributed by atoms with Crippen molar-refractivity contribution in [2.45, 2.75) is 13.0 Å². The summed E-state index contributed by atoms with van der Waals surface area (Å²) in [6, 6.07) is 8.06. The van der Waals surface area contributed by atoms with Gasteiger partial charge in [-0.2, -0.15) is 0 Å². The minimum atomic E-state index is 0. The van der Waals surface area contributed by atoms with Crippen molar-refractivity contribution < 1.29 is 0 Å². The van der Waals surface area contributed by atoms with Crippen LogP contribution in [0, 0.1) is 5.92 Å². The van der Waals surface area contributed by atoms with Gasteiger partial charge >= 0.3 is 0 Å². The van der Waals surface area contributed by atoms with Crippen molar-refractivity contribution >= 4 is 28.3 Å². The van der Waals surface area contributed by atoms with Gasteiger partial charge in [0.05, 0.1) is 0 Å². The third kappa shape index (κ3) is 3.32. The first-order chi connectivity index (χ1) is 8.83. The molecule has 0 unspecified atom stereocenters. The normalized spacial score (nSPS) is 18.3. The Morgan fingerprint density at radius 2 is 2.11 bits per heavy atom. The highest BCUT2D eigenvalue weighted by Crippen LogP contribution is 2.20. The molecule has 0 aliphatic carbocycles. The molecule has 1 fully saturated rings. The van der Waals surface area contributed by atoms with E-state index in [9.17, 15) is 0 Å². The maximum Gasteiger partial charge on any atom is 0.182 e. The maximum atomic E-state index is 4.12. The zero-order chi connectivity index (χ0) is 12.4. The van der Waals surface area contributed by atoms with Crippen LogP contribution in [-0.2, 0) is 6.54 Å². The molecule has 1 aliphatic heterocycles. The van der Waals surface area contributed by atoms with Gasteiger partial charge in [-0.1, -0.05) is 28.1 Å². The first kappa shape index (κ1) is 14.4. The van der Waals surface area contributed by atoms with E-state index in [0.717, 1.165) is 35.5 Å². The van der Waals surface area contributed by atoms with Crippen molar-refractivity contribution in [2.24, 2.45) is 5.92 Å². The molecule has 0 spiro atoms. The number of rotatable bonds is 3. The lowest BCUT2D eigenvalue weighted by Gasteiger charge is -2.09. The number of hydrogen-bond donors (Lipinski definition) is 1. The second-order valence-corrected chi connectivity index (χ2v) is 5.47. The van der Waals surface area contributed by atoms with Crippen LogP contribution in [0.3, 0.4) is 0 Å². The number of nitrogens with zero attached hydrogens (tertiary/aromatic N) is 4. The van der Waals surface area contributed by atoms with E-state index in [0.29, 0.717) is 5.92 Å².